The Hall–Kier alpha value is 0.1000. The monoisotopic (exact) mass is 323 g/mol. The number of esters is 1. The first-order valence-electron chi connectivity index (χ1n) is 8.58. The molecule has 0 aromatic heterocycles. The van der Waals surface area contributed by atoms with E-state index in [0.29, 0.717) is 6.42 Å². The Bertz CT molecular complexity index is 273. The molecule has 0 aliphatic carbocycles. The van der Waals surface area contributed by atoms with Crippen LogP contribution in [0.5, 0.6) is 0 Å². The van der Waals surface area contributed by atoms with Crippen molar-refractivity contribution in [3.8, 4) is 0 Å². The number of carbonyl (C=O) groups is 2. The fourth-order valence-electron chi connectivity index (χ4n) is 2.28. The van der Waals surface area contributed by atoms with Crippen molar-refractivity contribution in [1.29, 1.82) is 0 Å². The van der Waals surface area contributed by atoms with Gasteiger partial charge in [0.25, 0.3) is 0 Å². The van der Waals surface area contributed by atoms with Crippen molar-refractivity contribution in [3.05, 3.63) is 0 Å². The molecule has 0 aliphatic heterocycles. The first-order valence-corrected chi connectivity index (χ1v) is 8.58. The van der Waals surface area contributed by atoms with Crippen LogP contribution in [0.25, 0.3) is 0 Å². The molecule has 0 aromatic carbocycles. The predicted molar refractivity (Wildman–Crippen MR) is 93.2 cm³/mol. The van der Waals surface area contributed by atoms with Crippen LogP contribution in [-0.2, 0) is 14.3 Å². The molecule has 22 heavy (non-hydrogen) atoms. The molecule has 0 bridgehead atoms. The SMILES string of the molecule is CCCCCCCCCCCCCC(=O)COC(=O)CN.[NaH]. The van der Waals surface area contributed by atoms with Crippen LogP contribution in [0, 0.1) is 0 Å². The van der Waals surface area contributed by atoms with E-state index >= 15 is 0 Å². The molecule has 0 fully saturated rings. The third-order valence-electron chi connectivity index (χ3n) is 3.62. The predicted octanol–water partition coefficient (Wildman–Crippen LogP) is 3.11. The van der Waals surface area contributed by atoms with E-state index in [2.05, 4.69) is 11.7 Å². The molecule has 0 saturated heterocycles. The van der Waals surface area contributed by atoms with E-state index in [1.165, 1.54) is 57.8 Å². The first kappa shape index (κ1) is 24.4. The second-order valence-electron chi connectivity index (χ2n) is 5.69. The van der Waals surface area contributed by atoms with Crippen molar-refractivity contribution >= 4 is 41.3 Å². The van der Waals surface area contributed by atoms with Gasteiger partial charge < -0.3 is 10.5 Å². The molecule has 0 heterocycles. The normalized spacial score (nSPS) is 10.1. The molecular weight excluding hydrogens is 289 g/mol. The average Bonchev–Trinajstić information content (AvgIpc) is 2.50. The van der Waals surface area contributed by atoms with Crippen LogP contribution in [0.4, 0.5) is 0 Å². The van der Waals surface area contributed by atoms with E-state index in [9.17, 15) is 9.59 Å². The van der Waals surface area contributed by atoms with E-state index < -0.39 is 5.97 Å². The maximum absolute atomic E-state index is 11.4. The molecule has 126 valence electrons. The van der Waals surface area contributed by atoms with Crippen molar-refractivity contribution in [2.24, 2.45) is 5.73 Å². The molecule has 0 atom stereocenters. The van der Waals surface area contributed by atoms with Crippen molar-refractivity contribution in [2.75, 3.05) is 13.2 Å². The van der Waals surface area contributed by atoms with E-state index in [1.54, 1.807) is 0 Å². The van der Waals surface area contributed by atoms with Crippen LogP contribution in [0.3, 0.4) is 0 Å². The summed E-state index contributed by atoms with van der Waals surface area (Å²) in [7, 11) is 0. The van der Waals surface area contributed by atoms with Crippen LogP contribution in [0.1, 0.15) is 84.0 Å². The Morgan fingerprint density at radius 3 is 1.73 bits per heavy atom. The number of hydrogen-bond donors (Lipinski definition) is 1. The Balaban J connectivity index is 0. The maximum atomic E-state index is 11.4. The topological polar surface area (TPSA) is 69.4 Å². The summed E-state index contributed by atoms with van der Waals surface area (Å²) in [5, 5.41) is 0. The van der Waals surface area contributed by atoms with Gasteiger partial charge >= 0.3 is 35.5 Å². The quantitative estimate of drug-likeness (QED) is 0.286. The van der Waals surface area contributed by atoms with Crippen molar-refractivity contribution < 1.29 is 14.3 Å². The third kappa shape index (κ3) is 18.1. The number of carbonyl (C=O) groups excluding carboxylic acids is 2. The summed E-state index contributed by atoms with van der Waals surface area (Å²) in [6.07, 6.45) is 14.4. The van der Waals surface area contributed by atoms with Crippen LogP contribution >= 0.6 is 0 Å². The standard InChI is InChI=1S/C17H33NO3.Na.H/c1-2-3-4-5-6-7-8-9-10-11-12-13-16(19)15-21-17(20)14-18;;/h2-15,18H2,1H3;;. The number of rotatable bonds is 15. The van der Waals surface area contributed by atoms with E-state index in [1.807, 2.05) is 0 Å². The zero-order chi connectivity index (χ0) is 15.8. The number of Topliss-reactive ketones (excluding diaryl/α,β-unsaturated/α-hetero) is 1. The Kier molecular flexibility index (Phi) is 21.2. The van der Waals surface area contributed by atoms with Crippen molar-refractivity contribution in [1.82, 2.24) is 0 Å². The van der Waals surface area contributed by atoms with Gasteiger partial charge in [0, 0.05) is 6.42 Å². The van der Waals surface area contributed by atoms with Gasteiger partial charge in [0.1, 0.15) is 6.61 Å². The molecule has 0 aromatic rings. The van der Waals surface area contributed by atoms with E-state index in [-0.39, 0.29) is 48.5 Å². The van der Waals surface area contributed by atoms with Crippen LogP contribution in [0.15, 0.2) is 0 Å². The van der Waals surface area contributed by atoms with E-state index in [0.717, 1.165) is 12.8 Å². The fourth-order valence-corrected chi connectivity index (χ4v) is 2.28. The molecule has 0 spiro atoms. The summed E-state index contributed by atoms with van der Waals surface area (Å²) in [5.41, 5.74) is 5.09. The molecule has 0 amide bonds. The first-order chi connectivity index (χ1) is 10.2. The number of unbranched alkanes of at least 4 members (excludes halogenated alkanes) is 10. The molecule has 2 N–H and O–H groups in total. The van der Waals surface area contributed by atoms with Gasteiger partial charge in [-0.3, -0.25) is 9.59 Å². The zero-order valence-electron chi connectivity index (χ0n) is 13.7. The Morgan fingerprint density at radius 1 is 0.818 bits per heavy atom. The number of ketones is 1. The van der Waals surface area contributed by atoms with Gasteiger partial charge in [-0.2, -0.15) is 0 Å². The number of nitrogens with two attached hydrogens (primary N) is 1. The number of ether oxygens (including phenoxy) is 1. The summed E-state index contributed by atoms with van der Waals surface area (Å²) in [4.78, 5) is 22.2. The Labute approximate surface area is 158 Å². The zero-order valence-corrected chi connectivity index (χ0v) is 13.7. The average molecular weight is 323 g/mol. The minimum absolute atomic E-state index is 0. The molecule has 5 heteroatoms. The molecule has 0 unspecified atom stereocenters. The molecule has 0 radical (unpaired) electrons. The van der Waals surface area contributed by atoms with Gasteiger partial charge in [0.05, 0.1) is 6.54 Å². The summed E-state index contributed by atoms with van der Waals surface area (Å²) < 4.78 is 4.69. The summed E-state index contributed by atoms with van der Waals surface area (Å²) in [6.45, 7) is 1.96. The summed E-state index contributed by atoms with van der Waals surface area (Å²) in [5.74, 6) is -0.519. The minimum atomic E-state index is -0.512. The van der Waals surface area contributed by atoms with Gasteiger partial charge in [-0.05, 0) is 6.42 Å². The van der Waals surface area contributed by atoms with Crippen LogP contribution < -0.4 is 5.73 Å². The second-order valence-corrected chi connectivity index (χ2v) is 5.69. The number of hydrogen-bond acceptors (Lipinski definition) is 4. The molecule has 0 saturated carbocycles. The molecule has 0 rings (SSSR count). The van der Waals surface area contributed by atoms with Gasteiger partial charge in [0.15, 0.2) is 5.78 Å². The van der Waals surface area contributed by atoms with Gasteiger partial charge in [-0.1, -0.05) is 71.1 Å². The fraction of sp³-hybridized carbons (Fsp3) is 0.882. The van der Waals surface area contributed by atoms with E-state index in [4.69, 9.17) is 5.73 Å². The molecular formula is C17H34NNaO3. The van der Waals surface area contributed by atoms with Crippen molar-refractivity contribution in [3.63, 3.8) is 0 Å². The molecule has 0 aliphatic rings. The van der Waals surface area contributed by atoms with Gasteiger partial charge in [-0.25, -0.2) is 0 Å². The summed E-state index contributed by atoms with van der Waals surface area (Å²) >= 11 is 0. The molecule has 4 nitrogen and oxygen atoms in total. The van der Waals surface area contributed by atoms with Crippen molar-refractivity contribution in [2.45, 2.75) is 84.0 Å². The third-order valence-corrected chi connectivity index (χ3v) is 3.62. The summed E-state index contributed by atoms with van der Waals surface area (Å²) in [6, 6.07) is 0. The van der Waals surface area contributed by atoms with Gasteiger partial charge in [-0.15, -0.1) is 0 Å². The Morgan fingerprint density at radius 2 is 1.27 bits per heavy atom. The van der Waals surface area contributed by atoms with Crippen LogP contribution in [0.2, 0.25) is 0 Å². The second kappa shape index (κ2) is 19.1. The van der Waals surface area contributed by atoms with Crippen LogP contribution in [-0.4, -0.2) is 54.5 Å². The van der Waals surface area contributed by atoms with Gasteiger partial charge in [0.2, 0.25) is 0 Å².